The minimum Gasteiger partial charge on any atom is -0.480 e. The van der Waals surface area contributed by atoms with Crippen LogP contribution >= 0.6 is 0 Å². The van der Waals surface area contributed by atoms with Gasteiger partial charge in [0.2, 0.25) is 0 Å². The van der Waals surface area contributed by atoms with Crippen LogP contribution in [0.1, 0.15) is 26.7 Å². The van der Waals surface area contributed by atoms with E-state index in [-0.39, 0.29) is 12.1 Å². The lowest BCUT2D eigenvalue weighted by Crippen LogP contribution is -2.61. The number of piperidine rings is 3. The molecule has 3 rings (SSSR count). The van der Waals surface area contributed by atoms with Crippen LogP contribution in [0.4, 0.5) is 4.79 Å². The van der Waals surface area contributed by atoms with Gasteiger partial charge in [0.15, 0.2) is 0 Å². The molecule has 0 saturated carbocycles. The summed E-state index contributed by atoms with van der Waals surface area (Å²) in [4.78, 5) is 27.0. The number of hydrogen-bond donors (Lipinski definition) is 2. The van der Waals surface area contributed by atoms with Gasteiger partial charge >= 0.3 is 12.0 Å². The van der Waals surface area contributed by atoms with Crippen molar-refractivity contribution in [2.45, 2.75) is 38.3 Å². The third-order valence-corrected chi connectivity index (χ3v) is 4.63. The molecule has 0 aromatic heterocycles. The molecule has 0 aromatic carbocycles. The summed E-state index contributed by atoms with van der Waals surface area (Å²) >= 11 is 0. The van der Waals surface area contributed by atoms with E-state index in [2.05, 4.69) is 10.2 Å². The second-order valence-electron chi connectivity index (χ2n) is 6.12. The van der Waals surface area contributed by atoms with Crippen molar-refractivity contribution in [2.24, 2.45) is 5.92 Å². The number of likely N-dealkylation sites (N-methyl/N-ethyl adjacent to an activating group) is 1. The number of rotatable bonds is 3. The fourth-order valence-electron chi connectivity index (χ4n) is 2.78. The van der Waals surface area contributed by atoms with E-state index in [1.165, 1.54) is 25.8 Å². The normalized spacial score (nSPS) is 29.9. The Balaban J connectivity index is 1.96. The molecule has 19 heavy (non-hydrogen) atoms. The van der Waals surface area contributed by atoms with Crippen molar-refractivity contribution in [2.75, 3.05) is 26.7 Å². The van der Waals surface area contributed by atoms with E-state index in [4.69, 9.17) is 5.11 Å². The lowest BCUT2D eigenvalue weighted by atomic mass is 9.84. The van der Waals surface area contributed by atoms with Crippen LogP contribution in [0.2, 0.25) is 0 Å². The number of carbonyl (C=O) groups is 2. The molecule has 0 radical (unpaired) electrons. The summed E-state index contributed by atoms with van der Waals surface area (Å²) in [5.74, 6) is -0.464. The summed E-state index contributed by atoms with van der Waals surface area (Å²) in [6.07, 6.45) is 2.24. The first-order chi connectivity index (χ1) is 8.82. The first-order valence-electron chi connectivity index (χ1n) is 6.82. The van der Waals surface area contributed by atoms with Crippen LogP contribution in [0.15, 0.2) is 0 Å². The second kappa shape index (κ2) is 5.00. The maximum Gasteiger partial charge on any atom is 0.329 e. The van der Waals surface area contributed by atoms with E-state index in [0.717, 1.165) is 32.5 Å². The first-order valence-corrected chi connectivity index (χ1v) is 6.82. The van der Waals surface area contributed by atoms with Crippen LogP contribution < -0.4 is 5.32 Å². The molecule has 3 aliphatic rings. The Bertz CT molecular complexity index is 375. The van der Waals surface area contributed by atoms with Crippen molar-refractivity contribution < 1.29 is 14.7 Å². The van der Waals surface area contributed by atoms with Gasteiger partial charge in [0.05, 0.1) is 0 Å². The molecule has 3 saturated heterocycles. The molecule has 3 heterocycles. The summed E-state index contributed by atoms with van der Waals surface area (Å²) in [5.41, 5.74) is -1.20. The fraction of sp³-hybridized carbons (Fsp3) is 0.846. The van der Waals surface area contributed by atoms with Crippen molar-refractivity contribution in [1.82, 2.24) is 15.1 Å². The summed E-state index contributed by atoms with van der Waals surface area (Å²) in [7, 11) is 1.53. The lowest BCUT2D eigenvalue weighted by molar-refractivity contribution is -0.146. The molecule has 6 nitrogen and oxygen atoms in total. The third kappa shape index (κ3) is 2.68. The quantitative estimate of drug-likeness (QED) is 0.786. The molecular weight excluding hydrogens is 246 g/mol. The van der Waals surface area contributed by atoms with Gasteiger partial charge in [-0.2, -0.15) is 0 Å². The Morgan fingerprint density at radius 1 is 1.32 bits per heavy atom. The molecule has 0 aromatic rings. The van der Waals surface area contributed by atoms with Crippen molar-refractivity contribution in [1.29, 1.82) is 0 Å². The fourth-order valence-corrected chi connectivity index (χ4v) is 2.78. The Morgan fingerprint density at radius 3 is 2.32 bits per heavy atom. The largest absolute Gasteiger partial charge is 0.480 e. The third-order valence-electron chi connectivity index (χ3n) is 4.63. The van der Waals surface area contributed by atoms with Crippen molar-refractivity contribution >= 4 is 12.0 Å². The number of hydrogen-bond acceptors (Lipinski definition) is 3. The van der Waals surface area contributed by atoms with E-state index in [1.54, 1.807) is 0 Å². The first kappa shape index (κ1) is 14.1. The van der Waals surface area contributed by atoms with Crippen molar-refractivity contribution in [3.8, 4) is 0 Å². The molecule has 2 bridgehead atoms. The van der Waals surface area contributed by atoms with Gasteiger partial charge in [-0.15, -0.1) is 0 Å². The predicted molar refractivity (Wildman–Crippen MR) is 71.0 cm³/mol. The summed E-state index contributed by atoms with van der Waals surface area (Å²) in [5, 5.41) is 12.1. The SMILES string of the molecule is CN(C(=O)NC1CN2CCC1CC2)C(C)(C)C(=O)O. The molecule has 1 atom stereocenters. The van der Waals surface area contributed by atoms with Gasteiger partial charge in [0.1, 0.15) is 5.54 Å². The van der Waals surface area contributed by atoms with E-state index < -0.39 is 11.5 Å². The van der Waals surface area contributed by atoms with Gasteiger partial charge in [-0.3, -0.25) is 0 Å². The second-order valence-corrected chi connectivity index (χ2v) is 6.12. The van der Waals surface area contributed by atoms with Gasteiger partial charge in [0.25, 0.3) is 0 Å². The summed E-state index contributed by atoms with van der Waals surface area (Å²) < 4.78 is 0. The number of nitrogens with one attached hydrogen (secondary N) is 1. The van der Waals surface area contributed by atoms with Crippen LogP contribution in [0.3, 0.4) is 0 Å². The van der Waals surface area contributed by atoms with Crippen LogP contribution in [0.25, 0.3) is 0 Å². The van der Waals surface area contributed by atoms with E-state index in [0.29, 0.717) is 5.92 Å². The number of aliphatic carboxylic acids is 1. The Morgan fingerprint density at radius 2 is 1.89 bits per heavy atom. The molecule has 1 unspecified atom stereocenters. The predicted octanol–water partition coefficient (Wildman–Crippen LogP) is 0.585. The number of nitrogens with zero attached hydrogens (tertiary/aromatic N) is 2. The highest BCUT2D eigenvalue weighted by atomic mass is 16.4. The maximum absolute atomic E-state index is 12.2. The number of carboxylic acids is 1. The van der Waals surface area contributed by atoms with Gasteiger partial charge in [-0.05, 0) is 45.7 Å². The molecular formula is C13H23N3O3. The monoisotopic (exact) mass is 269 g/mol. The van der Waals surface area contributed by atoms with E-state index in [9.17, 15) is 9.59 Å². The van der Waals surface area contributed by atoms with Crippen molar-refractivity contribution in [3.63, 3.8) is 0 Å². The highest BCUT2D eigenvalue weighted by molar-refractivity contribution is 5.85. The Hall–Kier alpha value is -1.30. The van der Waals surface area contributed by atoms with Crippen LogP contribution in [0, 0.1) is 5.92 Å². The van der Waals surface area contributed by atoms with E-state index in [1.807, 2.05) is 0 Å². The standard InChI is InChI=1S/C13H23N3O3/c1-13(2,11(17)18)15(3)12(19)14-10-8-16-6-4-9(10)5-7-16/h9-10H,4-8H2,1-3H3,(H,14,19)(H,17,18). The average molecular weight is 269 g/mol. The maximum atomic E-state index is 12.2. The van der Waals surface area contributed by atoms with Gasteiger partial charge in [-0.1, -0.05) is 0 Å². The number of carboxylic acid groups (broad SMARTS) is 1. The molecule has 0 spiro atoms. The number of carbonyl (C=O) groups excluding carboxylic acids is 1. The lowest BCUT2D eigenvalue weighted by Gasteiger charge is -2.45. The highest BCUT2D eigenvalue weighted by Gasteiger charge is 2.39. The molecule has 0 aliphatic carbocycles. The van der Waals surface area contributed by atoms with Gasteiger partial charge in [0, 0.05) is 19.6 Å². The minimum atomic E-state index is -1.20. The molecule has 3 fully saturated rings. The summed E-state index contributed by atoms with van der Waals surface area (Å²) in [6.45, 7) is 6.19. The Kier molecular flexibility index (Phi) is 3.71. The summed E-state index contributed by atoms with van der Waals surface area (Å²) in [6, 6.07) is -0.145. The molecule has 108 valence electrons. The smallest absolute Gasteiger partial charge is 0.329 e. The highest BCUT2D eigenvalue weighted by Crippen LogP contribution is 2.27. The van der Waals surface area contributed by atoms with Crippen LogP contribution in [0.5, 0.6) is 0 Å². The Labute approximate surface area is 113 Å². The van der Waals surface area contributed by atoms with Gasteiger partial charge < -0.3 is 20.2 Å². The topological polar surface area (TPSA) is 72.9 Å². The zero-order valence-electron chi connectivity index (χ0n) is 11.8. The van der Waals surface area contributed by atoms with Gasteiger partial charge in [-0.25, -0.2) is 9.59 Å². The number of fused-ring (bicyclic) bond motifs is 3. The van der Waals surface area contributed by atoms with E-state index >= 15 is 0 Å². The number of amides is 2. The van der Waals surface area contributed by atoms with Crippen LogP contribution in [-0.2, 0) is 4.79 Å². The molecule has 3 aliphatic heterocycles. The van der Waals surface area contributed by atoms with Crippen LogP contribution in [-0.4, -0.2) is 65.2 Å². The molecule has 6 heteroatoms. The van der Waals surface area contributed by atoms with Crippen molar-refractivity contribution in [3.05, 3.63) is 0 Å². The zero-order valence-corrected chi connectivity index (χ0v) is 11.8. The minimum absolute atomic E-state index is 0.155. The molecule has 2 amide bonds. The molecule has 2 N–H and O–H groups in total. The number of urea groups is 1. The zero-order chi connectivity index (χ0) is 14.2. The average Bonchev–Trinajstić information content (AvgIpc) is 2.38.